The Morgan fingerprint density at radius 1 is 0.833 bits per heavy atom. The number of rotatable bonds is 3. The first-order valence-corrected chi connectivity index (χ1v) is 5.45. The van der Waals surface area contributed by atoms with Crippen LogP contribution in [0, 0.1) is 0 Å². The van der Waals surface area contributed by atoms with Crippen LogP contribution in [0.4, 0.5) is 0 Å². The van der Waals surface area contributed by atoms with E-state index in [9.17, 15) is 15.0 Å². The topological polar surface area (TPSA) is 83.6 Å². The summed E-state index contributed by atoms with van der Waals surface area (Å²) >= 11 is 0. The molecule has 0 aliphatic carbocycles. The van der Waals surface area contributed by atoms with E-state index >= 15 is 0 Å². The predicted octanol–water partition coefficient (Wildman–Crippen LogP) is 1.71. The number of benzene rings is 2. The van der Waals surface area contributed by atoms with Crippen molar-refractivity contribution in [1.29, 1.82) is 0 Å². The number of carbonyl (C=O) groups excluding carboxylic acids is 1. The van der Waals surface area contributed by atoms with Crippen LogP contribution in [0.2, 0.25) is 0 Å². The lowest BCUT2D eigenvalue weighted by Gasteiger charge is -2.14. The Morgan fingerprint density at radius 2 is 1.17 bits per heavy atom. The summed E-state index contributed by atoms with van der Waals surface area (Å²) in [5.41, 5.74) is 6.81. The predicted molar refractivity (Wildman–Crippen MR) is 67.3 cm³/mol. The molecule has 0 radical (unpaired) electrons. The number of hydrogen-bond acceptors (Lipinski definition) is 3. The zero-order valence-corrected chi connectivity index (χ0v) is 9.58. The Kier molecular flexibility index (Phi) is 3.19. The molecule has 1 amide bonds. The maximum Gasteiger partial charge on any atom is 0.229 e. The average Bonchev–Trinajstić information content (AvgIpc) is 2.34. The minimum Gasteiger partial charge on any atom is -0.508 e. The second kappa shape index (κ2) is 4.79. The third-order valence-electron chi connectivity index (χ3n) is 2.74. The van der Waals surface area contributed by atoms with E-state index in [1.54, 1.807) is 24.3 Å². The summed E-state index contributed by atoms with van der Waals surface area (Å²) < 4.78 is 0. The maximum absolute atomic E-state index is 11.6. The Bertz CT molecular complexity index is 501. The highest BCUT2D eigenvalue weighted by molar-refractivity contribution is 5.85. The third-order valence-corrected chi connectivity index (χ3v) is 2.74. The molecule has 2 aromatic carbocycles. The second-order valence-electron chi connectivity index (χ2n) is 4.02. The molecule has 0 saturated carbocycles. The van der Waals surface area contributed by atoms with Gasteiger partial charge in [-0.1, -0.05) is 24.3 Å². The minimum atomic E-state index is -0.591. The molecule has 0 aromatic heterocycles. The van der Waals surface area contributed by atoms with Crippen LogP contribution in [0.5, 0.6) is 11.5 Å². The molecular formula is C14H13NO3. The molecule has 4 nitrogen and oxygen atoms in total. The van der Waals surface area contributed by atoms with Crippen molar-refractivity contribution >= 4 is 5.91 Å². The summed E-state index contributed by atoms with van der Waals surface area (Å²) in [6, 6.07) is 12.6. The summed E-state index contributed by atoms with van der Waals surface area (Å²) in [5.74, 6) is -0.807. The van der Waals surface area contributed by atoms with E-state index in [1.165, 1.54) is 24.3 Å². The van der Waals surface area contributed by atoms with Gasteiger partial charge in [-0.05, 0) is 35.4 Å². The van der Waals surface area contributed by atoms with Crippen LogP contribution >= 0.6 is 0 Å². The first-order valence-electron chi connectivity index (χ1n) is 5.45. The summed E-state index contributed by atoms with van der Waals surface area (Å²) in [7, 11) is 0. The van der Waals surface area contributed by atoms with Gasteiger partial charge in [-0.15, -0.1) is 0 Å². The van der Waals surface area contributed by atoms with Crippen molar-refractivity contribution in [3.63, 3.8) is 0 Å². The van der Waals surface area contributed by atoms with Gasteiger partial charge in [-0.3, -0.25) is 4.79 Å². The van der Waals surface area contributed by atoms with Crippen molar-refractivity contribution in [3.8, 4) is 11.5 Å². The van der Waals surface area contributed by atoms with Gasteiger partial charge in [0, 0.05) is 0 Å². The molecule has 4 heteroatoms. The third kappa shape index (κ3) is 2.43. The monoisotopic (exact) mass is 243 g/mol. The molecule has 2 rings (SSSR count). The molecule has 0 heterocycles. The Balaban J connectivity index is 2.43. The van der Waals surface area contributed by atoms with Crippen molar-refractivity contribution in [2.24, 2.45) is 5.73 Å². The number of carbonyl (C=O) groups is 1. The molecule has 0 fully saturated rings. The number of amides is 1. The number of hydrogen-bond donors (Lipinski definition) is 3. The highest BCUT2D eigenvalue weighted by Gasteiger charge is 2.19. The summed E-state index contributed by atoms with van der Waals surface area (Å²) in [6.07, 6.45) is 0. The van der Waals surface area contributed by atoms with Crippen LogP contribution in [0.1, 0.15) is 17.0 Å². The van der Waals surface area contributed by atoms with E-state index in [-0.39, 0.29) is 11.5 Å². The van der Waals surface area contributed by atoms with E-state index in [0.29, 0.717) is 11.1 Å². The number of phenols is 2. The highest BCUT2D eigenvalue weighted by atomic mass is 16.3. The Morgan fingerprint density at radius 3 is 1.44 bits per heavy atom. The molecule has 18 heavy (non-hydrogen) atoms. The van der Waals surface area contributed by atoms with E-state index in [1.807, 2.05) is 0 Å². The molecule has 0 spiro atoms. The normalized spacial score (nSPS) is 10.5. The van der Waals surface area contributed by atoms with Crippen LogP contribution < -0.4 is 5.73 Å². The van der Waals surface area contributed by atoms with Crippen LogP contribution in [0.3, 0.4) is 0 Å². The molecule has 0 saturated heterocycles. The second-order valence-corrected chi connectivity index (χ2v) is 4.02. The first-order chi connectivity index (χ1) is 8.58. The van der Waals surface area contributed by atoms with Crippen molar-refractivity contribution in [2.45, 2.75) is 5.92 Å². The molecule has 2 aromatic rings. The van der Waals surface area contributed by atoms with Crippen molar-refractivity contribution in [2.75, 3.05) is 0 Å². The van der Waals surface area contributed by atoms with Gasteiger partial charge < -0.3 is 15.9 Å². The SMILES string of the molecule is NC(=O)C(c1ccc(O)cc1)c1ccc(O)cc1. The molecule has 0 atom stereocenters. The number of aromatic hydroxyl groups is 2. The van der Waals surface area contributed by atoms with E-state index < -0.39 is 11.8 Å². The van der Waals surface area contributed by atoms with Gasteiger partial charge in [0.2, 0.25) is 5.91 Å². The van der Waals surface area contributed by atoms with E-state index in [2.05, 4.69) is 0 Å². The van der Waals surface area contributed by atoms with Gasteiger partial charge in [0.1, 0.15) is 11.5 Å². The van der Waals surface area contributed by atoms with Crippen LogP contribution in [0.25, 0.3) is 0 Å². The molecule has 0 bridgehead atoms. The standard InChI is InChI=1S/C14H13NO3/c15-14(18)13(9-1-5-11(16)6-2-9)10-3-7-12(17)8-4-10/h1-8,13,16-17H,(H2,15,18). The van der Waals surface area contributed by atoms with Gasteiger partial charge in [0.25, 0.3) is 0 Å². The summed E-state index contributed by atoms with van der Waals surface area (Å²) in [5, 5.41) is 18.5. The lowest BCUT2D eigenvalue weighted by atomic mass is 9.90. The van der Waals surface area contributed by atoms with Gasteiger partial charge in [-0.2, -0.15) is 0 Å². The van der Waals surface area contributed by atoms with Crippen LogP contribution in [-0.2, 0) is 4.79 Å². The van der Waals surface area contributed by atoms with E-state index in [4.69, 9.17) is 5.73 Å². The van der Waals surface area contributed by atoms with Crippen molar-refractivity contribution < 1.29 is 15.0 Å². The Hall–Kier alpha value is -2.49. The summed E-state index contributed by atoms with van der Waals surface area (Å²) in [6.45, 7) is 0. The zero-order chi connectivity index (χ0) is 13.1. The first kappa shape index (κ1) is 12.0. The smallest absolute Gasteiger partial charge is 0.229 e. The average molecular weight is 243 g/mol. The number of nitrogens with two attached hydrogens (primary N) is 1. The van der Waals surface area contributed by atoms with Crippen LogP contribution in [0.15, 0.2) is 48.5 Å². The molecule has 0 aliphatic rings. The fourth-order valence-corrected chi connectivity index (χ4v) is 1.85. The van der Waals surface area contributed by atoms with Gasteiger partial charge in [-0.25, -0.2) is 0 Å². The number of primary amides is 1. The van der Waals surface area contributed by atoms with Crippen molar-refractivity contribution in [3.05, 3.63) is 59.7 Å². The lowest BCUT2D eigenvalue weighted by Crippen LogP contribution is -2.22. The van der Waals surface area contributed by atoms with Gasteiger partial charge >= 0.3 is 0 Å². The zero-order valence-electron chi connectivity index (χ0n) is 9.58. The fourth-order valence-electron chi connectivity index (χ4n) is 1.85. The molecular weight excluding hydrogens is 230 g/mol. The quantitative estimate of drug-likeness (QED) is 0.767. The number of phenolic OH excluding ortho intramolecular Hbond substituents is 2. The summed E-state index contributed by atoms with van der Waals surface area (Å²) in [4.78, 5) is 11.6. The molecule has 92 valence electrons. The molecule has 0 aliphatic heterocycles. The largest absolute Gasteiger partial charge is 0.508 e. The highest BCUT2D eigenvalue weighted by Crippen LogP contribution is 2.27. The van der Waals surface area contributed by atoms with Gasteiger partial charge in [0.15, 0.2) is 0 Å². The molecule has 4 N–H and O–H groups in total. The van der Waals surface area contributed by atoms with Gasteiger partial charge in [0.05, 0.1) is 5.92 Å². The minimum absolute atomic E-state index is 0.132. The maximum atomic E-state index is 11.6. The molecule has 0 unspecified atom stereocenters. The lowest BCUT2D eigenvalue weighted by molar-refractivity contribution is -0.118. The van der Waals surface area contributed by atoms with Crippen molar-refractivity contribution in [1.82, 2.24) is 0 Å². The van der Waals surface area contributed by atoms with Crippen LogP contribution in [-0.4, -0.2) is 16.1 Å². The Labute approximate surface area is 104 Å². The fraction of sp³-hybridized carbons (Fsp3) is 0.0714. The van der Waals surface area contributed by atoms with E-state index in [0.717, 1.165) is 0 Å².